The molecule has 1 atom stereocenters. The Balaban J connectivity index is 2.66. The molecule has 0 bridgehead atoms. The summed E-state index contributed by atoms with van der Waals surface area (Å²) in [5, 5.41) is 20.1. The predicted octanol–water partition coefficient (Wildman–Crippen LogP) is 1.78. The standard InChI is InChI=1S/C13H14ClNO5/c14-9-5-2-1-4-8(9)12(18)15-10(13(19)20)6-3-7-11(16)17/h1-2,4-5,10H,3,6-7H2,(H,15,18)(H,16,17)(H,19,20). The maximum Gasteiger partial charge on any atom is 0.326 e. The van der Waals surface area contributed by atoms with Crippen molar-refractivity contribution in [3.8, 4) is 0 Å². The van der Waals surface area contributed by atoms with Crippen LogP contribution in [0.25, 0.3) is 0 Å². The van der Waals surface area contributed by atoms with Crippen molar-refractivity contribution in [2.24, 2.45) is 0 Å². The number of halogens is 1. The van der Waals surface area contributed by atoms with E-state index >= 15 is 0 Å². The van der Waals surface area contributed by atoms with Crippen LogP contribution < -0.4 is 5.32 Å². The van der Waals surface area contributed by atoms with Gasteiger partial charge >= 0.3 is 11.9 Å². The van der Waals surface area contributed by atoms with E-state index in [-0.39, 0.29) is 29.8 Å². The Bertz CT molecular complexity index is 517. The van der Waals surface area contributed by atoms with Gasteiger partial charge in [0.05, 0.1) is 10.6 Å². The molecule has 0 aliphatic rings. The minimum atomic E-state index is -1.21. The molecule has 1 amide bonds. The number of aliphatic carboxylic acids is 2. The maximum absolute atomic E-state index is 11.9. The van der Waals surface area contributed by atoms with Crippen molar-refractivity contribution in [1.82, 2.24) is 5.32 Å². The summed E-state index contributed by atoms with van der Waals surface area (Å²) in [6, 6.07) is 5.13. The summed E-state index contributed by atoms with van der Waals surface area (Å²) in [6.07, 6.45) is 0.0542. The Morgan fingerprint density at radius 3 is 2.40 bits per heavy atom. The molecule has 0 aromatic heterocycles. The van der Waals surface area contributed by atoms with Crippen LogP contribution in [0.5, 0.6) is 0 Å². The zero-order chi connectivity index (χ0) is 15.1. The highest BCUT2D eigenvalue weighted by Gasteiger charge is 2.21. The minimum Gasteiger partial charge on any atom is -0.481 e. The summed E-state index contributed by atoms with van der Waals surface area (Å²) in [5.41, 5.74) is 0.179. The van der Waals surface area contributed by atoms with Gasteiger partial charge in [-0.2, -0.15) is 0 Å². The Kier molecular flexibility index (Phi) is 5.99. The van der Waals surface area contributed by atoms with E-state index in [4.69, 9.17) is 21.8 Å². The molecule has 20 heavy (non-hydrogen) atoms. The van der Waals surface area contributed by atoms with Crippen molar-refractivity contribution < 1.29 is 24.6 Å². The Morgan fingerprint density at radius 2 is 1.85 bits per heavy atom. The first kappa shape index (κ1) is 16.0. The number of carbonyl (C=O) groups excluding carboxylic acids is 1. The monoisotopic (exact) mass is 299 g/mol. The third kappa shape index (κ3) is 4.89. The SMILES string of the molecule is O=C(O)CCCC(NC(=O)c1ccccc1Cl)C(=O)O. The van der Waals surface area contributed by atoms with Crippen LogP contribution in [0.2, 0.25) is 5.02 Å². The topological polar surface area (TPSA) is 104 Å². The summed E-state index contributed by atoms with van der Waals surface area (Å²) in [4.78, 5) is 33.3. The molecule has 0 aliphatic heterocycles. The molecule has 1 aromatic rings. The van der Waals surface area contributed by atoms with E-state index in [1.54, 1.807) is 12.1 Å². The molecule has 0 saturated heterocycles. The van der Waals surface area contributed by atoms with Crippen molar-refractivity contribution in [2.45, 2.75) is 25.3 Å². The van der Waals surface area contributed by atoms with Gasteiger partial charge in [-0.25, -0.2) is 4.79 Å². The first-order chi connectivity index (χ1) is 9.41. The molecular formula is C13H14ClNO5. The van der Waals surface area contributed by atoms with E-state index < -0.39 is 23.9 Å². The van der Waals surface area contributed by atoms with Gasteiger partial charge in [0.1, 0.15) is 6.04 Å². The lowest BCUT2D eigenvalue weighted by Crippen LogP contribution is -2.40. The normalized spacial score (nSPS) is 11.7. The molecule has 0 heterocycles. The van der Waals surface area contributed by atoms with E-state index in [0.717, 1.165) is 0 Å². The summed E-state index contributed by atoms with van der Waals surface area (Å²) in [7, 11) is 0. The summed E-state index contributed by atoms with van der Waals surface area (Å²) in [5.74, 6) is -2.82. The van der Waals surface area contributed by atoms with E-state index in [1.165, 1.54) is 12.1 Å². The third-order valence-electron chi connectivity index (χ3n) is 2.61. The fourth-order valence-corrected chi connectivity index (χ4v) is 1.82. The van der Waals surface area contributed by atoms with Gasteiger partial charge in [-0.05, 0) is 25.0 Å². The maximum atomic E-state index is 11.9. The molecule has 0 radical (unpaired) electrons. The quantitative estimate of drug-likeness (QED) is 0.712. The van der Waals surface area contributed by atoms with Gasteiger partial charge in [-0.1, -0.05) is 23.7 Å². The summed E-state index contributed by atoms with van der Waals surface area (Å²) >= 11 is 5.84. The van der Waals surface area contributed by atoms with Crippen LogP contribution in [0.1, 0.15) is 29.6 Å². The number of carboxylic acid groups (broad SMARTS) is 2. The number of hydrogen-bond donors (Lipinski definition) is 3. The molecule has 3 N–H and O–H groups in total. The van der Waals surface area contributed by atoms with E-state index in [2.05, 4.69) is 5.32 Å². The van der Waals surface area contributed by atoms with Gasteiger partial charge in [-0.3, -0.25) is 9.59 Å². The second-order valence-electron chi connectivity index (χ2n) is 4.13. The van der Waals surface area contributed by atoms with Crippen molar-refractivity contribution >= 4 is 29.4 Å². The van der Waals surface area contributed by atoms with Crippen molar-refractivity contribution in [3.63, 3.8) is 0 Å². The van der Waals surface area contributed by atoms with Crippen molar-refractivity contribution in [2.75, 3.05) is 0 Å². The second kappa shape index (κ2) is 7.49. The molecule has 1 unspecified atom stereocenters. The number of hydrogen-bond acceptors (Lipinski definition) is 3. The van der Waals surface area contributed by atoms with Gasteiger partial charge < -0.3 is 15.5 Å². The van der Waals surface area contributed by atoms with E-state index in [0.29, 0.717) is 0 Å². The molecule has 6 nitrogen and oxygen atoms in total. The lowest BCUT2D eigenvalue weighted by Gasteiger charge is -2.14. The van der Waals surface area contributed by atoms with Crippen LogP contribution in [0.4, 0.5) is 0 Å². The van der Waals surface area contributed by atoms with Crippen LogP contribution in [-0.4, -0.2) is 34.1 Å². The molecular weight excluding hydrogens is 286 g/mol. The summed E-state index contributed by atoms with van der Waals surface area (Å²) < 4.78 is 0. The Morgan fingerprint density at radius 1 is 1.20 bits per heavy atom. The van der Waals surface area contributed by atoms with Crippen LogP contribution >= 0.6 is 11.6 Å². The van der Waals surface area contributed by atoms with E-state index in [9.17, 15) is 14.4 Å². The number of nitrogens with one attached hydrogen (secondary N) is 1. The van der Waals surface area contributed by atoms with Crippen LogP contribution in [0.3, 0.4) is 0 Å². The van der Waals surface area contributed by atoms with Gasteiger partial charge in [0.2, 0.25) is 0 Å². The fourth-order valence-electron chi connectivity index (χ4n) is 1.60. The average molecular weight is 300 g/mol. The van der Waals surface area contributed by atoms with Gasteiger partial charge in [-0.15, -0.1) is 0 Å². The van der Waals surface area contributed by atoms with Crippen molar-refractivity contribution in [3.05, 3.63) is 34.9 Å². The molecule has 7 heteroatoms. The number of benzene rings is 1. The zero-order valence-corrected chi connectivity index (χ0v) is 11.3. The molecule has 1 aromatic carbocycles. The smallest absolute Gasteiger partial charge is 0.326 e. The zero-order valence-electron chi connectivity index (χ0n) is 10.5. The number of carbonyl (C=O) groups is 3. The highest BCUT2D eigenvalue weighted by molar-refractivity contribution is 6.33. The largest absolute Gasteiger partial charge is 0.481 e. The average Bonchev–Trinajstić information content (AvgIpc) is 2.37. The minimum absolute atomic E-state index is 0.0395. The van der Waals surface area contributed by atoms with Crippen molar-refractivity contribution in [1.29, 1.82) is 0 Å². The molecule has 1 rings (SSSR count). The fraction of sp³-hybridized carbons (Fsp3) is 0.308. The lowest BCUT2D eigenvalue weighted by atomic mass is 10.1. The lowest BCUT2D eigenvalue weighted by molar-refractivity contribution is -0.140. The van der Waals surface area contributed by atoms with E-state index in [1.807, 2.05) is 0 Å². The summed E-state index contributed by atoms with van der Waals surface area (Å²) in [6.45, 7) is 0. The van der Waals surface area contributed by atoms with Crippen LogP contribution in [0.15, 0.2) is 24.3 Å². The first-order valence-electron chi connectivity index (χ1n) is 5.92. The molecule has 0 aliphatic carbocycles. The highest BCUT2D eigenvalue weighted by Crippen LogP contribution is 2.15. The number of rotatable bonds is 7. The molecule has 0 spiro atoms. The third-order valence-corrected chi connectivity index (χ3v) is 2.93. The first-order valence-corrected chi connectivity index (χ1v) is 6.29. The Hall–Kier alpha value is -2.08. The Labute approximate surface area is 120 Å². The van der Waals surface area contributed by atoms with Gasteiger partial charge in [0.15, 0.2) is 0 Å². The number of amides is 1. The molecule has 108 valence electrons. The van der Waals surface area contributed by atoms with Gasteiger partial charge in [0.25, 0.3) is 5.91 Å². The van der Waals surface area contributed by atoms with Gasteiger partial charge in [0, 0.05) is 6.42 Å². The predicted molar refractivity (Wildman–Crippen MR) is 71.8 cm³/mol. The molecule has 0 fully saturated rings. The number of carboxylic acids is 2. The highest BCUT2D eigenvalue weighted by atomic mass is 35.5. The molecule has 0 saturated carbocycles. The van der Waals surface area contributed by atoms with Crippen LogP contribution in [0, 0.1) is 0 Å². The van der Waals surface area contributed by atoms with Crippen LogP contribution in [-0.2, 0) is 9.59 Å². The second-order valence-corrected chi connectivity index (χ2v) is 4.54.